The van der Waals surface area contributed by atoms with Crippen molar-refractivity contribution in [1.29, 1.82) is 0 Å². The lowest BCUT2D eigenvalue weighted by molar-refractivity contribution is -0.111. The highest BCUT2D eigenvalue weighted by molar-refractivity contribution is 7.99. The largest absolute Gasteiger partial charge is 0.290 e. The molecule has 6 atom stereocenters. The Morgan fingerprint density at radius 2 is 2.00 bits per heavy atom. The molecule has 0 aromatic heterocycles. The SMILES string of the molecule is CSC1CC2=CC(=O)C=C[C@]2(C)[C@H]2CC[C@]3(C)CCC[C@H]3[C@H]12. The molecule has 1 unspecified atom stereocenters. The first kappa shape index (κ1) is 15.1. The molecule has 0 aliphatic heterocycles. The summed E-state index contributed by atoms with van der Waals surface area (Å²) in [5.74, 6) is 2.70. The summed E-state index contributed by atoms with van der Waals surface area (Å²) in [6.07, 6.45) is 16.5. The van der Waals surface area contributed by atoms with Gasteiger partial charge in [0, 0.05) is 10.7 Å². The van der Waals surface area contributed by atoms with Crippen molar-refractivity contribution in [3.8, 4) is 0 Å². The number of carbonyl (C=O) groups is 1. The Balaban J connectivity index is 1.77. The number of hydrogen-bond acceptors (Lipinski definition) is 2. The maximum atomic E-state index is 11.9. The van der Waals surface area contributed by atoms with Crippen LogP contribution in [0.15, 0.2) is 23.8 Å². The van der Waals surface area contributed by atoms with Gasteiger partial charge < -0.3 is 0 Å². The Morgan fingerprint density at radius 3 is 2.77 bits per heavy atom. The molecule has 0 N–H and O–H groups in total. The summed E-state index contributed by atoms with van der Waals surface area (Å²) < 4.78 is 0. The minimum Gasteiger partial charge on any atom is -0.290 e. The summed E-state index contributed by atoms with van der Waals surface area (Å²) in [6.45, 7) is 4.97. The van der Waals surface area contributed by atoms with Crippen molar-refractivity contribution in [2.45, 2.75) is 57.6 Å². The van der Waals surface area contributed by atoms with Crippen LogP contribution in [0, 0.1) is 28.6 Å². The van der Waals surface area contributed by atoms with Crippen LogP contribution in [0.2, 0.25) is 0 Å². The number of allylic oxidation sites excluding steroid dienone is 4. The molecule has 1 nitrogen and oxygen atoms in total. The number of rotatable bonds is 1. The zero-order valence-electron chi connectivity index (χ0n) is 14.1. The van der Waals surface area contributed by atoms with Crippen LogP contribution in [0.1, 0.15) is 52.4 Å². The fraction of sp³-hybridized carbons (Fsp3) is 0.750. The third-order valence-electron chi connectivity index (χ3n) is 7.64. The molecule has 22 heavy (non-hydrogen) atoms. The molecule has 0 aromatic rings. The molecule has 0 heterocycles. The number of thioether (sulfide) groups is 1. The lowest BCUT2D eigenvalue weighted by Crippen LogP contribution is -2.52. The Morgan fingerprint density at radius 1 is 1.18 bits per heavy atom. The lowest BCUT2D eigenvalue weighted by Gasteiger charge is -2.58. The molecule has 4 aliphatic rings. The summed E-state index contributed by atoms with van der Waals surface area (Å²) in [6, 6.07) is 0. The van der Waals surface area contributed by atoms with Crippen molar-refractivity contribution in [2.75, 3.05) is 6.26 Å². The second-order valence-electron chi connectivity index (χ2n) is 8.54. The first-order valence-electron chi connectivity index (χ1n) is 8.95. The van der Waals surface area contributed by atoms with Crippen molar-refractivity contribution < 1.29 is 4.79 Å². The smallest absolute Gasteiger partial charge is 0.178 e. The molecule has 0 aromatic carbocycles. The van der Waals surface area contributed by atoms with Gasteiger partial charge in [-0.05, 0) is 73.7 Å². The Kier molecular flexibility index (Phi) is 3.42. The maximum absolute atomic E-state index is 11.9. The van der Waals surface area contributed by atoms with Gasteiger partial charge >= 0.3 is 0 Å². The van der Waals surface area contributed by atoms with Crippen molar-refractivity contribution in [2.24, 2.45) is 28.6 Å². The van der Waals surface area contributed by atoms with E-state index < -0.39 is 0 Å². The molecule has 0 radical (unpaired) electrons. The fourth-order valence-electron chi connectivity index (χ4n) is 6.37. The standard InChI is InChI=1S/C20H28OS/c1-19-8-4-5-15(19)18-16(7-9-19)20(2)10-6-14(21)11-13(20)12-17(18)22-3/h6,10-11,15-18H,4-5,7-9,12H2,1-3H3/t15-,16-,17?,18-,19-,20-/m0/s1. The van der Waals surface area contributed by atoms with Gasteiger partial charge in [-0.3, -0.25) is 4.79 Å². The minimum atomic E-state index is 0.148. The third-order valence-corrected chi connectivity index (χ3v) is 8.73. The van der Waals surface area contributed by atoms with Crippen LogP contribution in [0.3, 0.4) is 0 Å². The molecule has 3 saturated carbocycles. The van der Waals surface area contributed by atoms with E-state index in [2.05, 4.69) is 37.9 Å². The first-order valence-corrected chi connectivity index (χ1v) is 10.2. The summed E-state index contributed by atoms with van der Waals surface area (Å²) >= 11 is 2.06. The average Bonchev–Trinajstić information content (AvgIpc) is 2.89. The van der Waals surface area contributed by atoms with Crippen LogP contribution in [-0.4, -0.2) is 17.3 Å². The van der Waals surface area contributed by atoms with Crippen molar-refractivity contribution in [1.82, 2.24) is 0 Å². The highest BCUT2D eigenvalue weighted by Gasteiger charge is 2.58. The second kappa shape index (κ2) is 5.00. The molecule has 2 heteroatoms. The van der Waals surface area contributed by atoms with Crippen molar-refractivity contribution >= 4 is 17.5 Å². The van der Waals surface area contributed by atoms with Crippen molar-refractivity contribution in [3.63, 3.8) is 0 Å². The van der Waals surface area contributed by atoms with Crippen LogP contribution < -0.4 is 0 Å². The molecule has 120 valence electrons. The molecule has 0 amide bonds. The summed E-state index contributed by atoms with van der Waals surface area (Å²) in [7, 11) is 0. The van der Waals surface area contributed by atoms with Crippen molar-refractivity contribution in [3.05, 3.63) is 23.8 Å². The molecule has 4 rings (SSSR count). The number of hydrogen-bond donors (Lipinski definition) is 0. The maximum Gasteiger partial charge on any atom is 0.178 e. The Labute approximate surface area is 139 Å². The van der Waals surface area contributed by atoms with E-state index in [4.69, 9.17) is 0 Å². The Hall–Kier alpha value is -0.500. The van der Waals surface area contributed by atoms with Crippen LogP contribution in [0.25, 0.3) is 0 Å². The summed E-state index contributed by atoms with van der Waals surface area (Å²) in [4.78, 5) is 11.9. The predicted molar refractivity (Wildman–Crippen MR) is 93.9 cm³/mol. The molecule has 4 aliphatic carbocycles. The van der Waals surface area contributed by atoms with Crippen LogP contribution in [-0.2, 0) is 4.79 Å². The van der Waals surface area contributed by atoms with Gasteiger partial charge in [-0.2, -0.15) is 11.8 Å². The van der Waals surface area contributed by atoms with E-state index in [1.807, 2.05) is 12.2 Å². The van der Waals surface area contributed by atoms with Gasteiger partial charge in [-0.25, -0.2) is 0 Å². The quantitative estimate of drug-likeness (QED) is 0.675. The zero-order valence-corrected chi connectivity index (χ0v) is 14.9. The third kappa shape index (κ3) is 1.95. The fourth-order valence-corrected chi connectivity index (χ4v) is 7.41. The predicted octanol–water partition coefficient (Wildman–Crippen LogP) is 5.03. The van der Waals surface area contributed by atoms with E-state index in [9.17, 15) is 4.79 Å². The van der Waals surface area contributed by atoms with E-state index in [0.29, 0.717) is 10.7 Å². The topological polar surface area (TPSA) is 17.1 Å². The lowest BCUT2D eigenvalue weighted by atomic mass is 9.48. The number of carbonyl (C=O) groups excluding carboxylic acids is 1. The van der Waals surface area contributed by atoms with Gasteiger partial charge in [0.1, 0.15) is 0 Å². The van der Waals surface area contributed by atoms with Crippen LogP contribution in [0.4, 0.5) is 0 Å². The number of ketones is 1. The second-order valence-corrected chi connectivity index (χ2v) is 9.62. The van der Waals surface area contributed by atoms with Gasteiger partial charge in [0.25, 0.3) is 0 Å². The minimum absolute atomic E-state index is 0.148. The highest BCUT2D eigenvalue weighted by atomic mass is 32.2. The zero-order chi connectivity index (χ0) is 15.5. The van der Waals surface area contributed by atoms with Crippen LogP contribution in [0.5, 0.6) is 0 Å². The Bertz CT molecular complexity index is 562. The molecule has 0 bridgehead atoms. The van der Waals surface area contributed by atoms with Gasteiger partial charge in [0.15, 0.2) is 5.78 Å². The van der Waals surface area contributed by atoms with E-state index >= 15 is 0 Å². The molecule has 0 spiro atoms. The van der Waals surface area contributed by atoms with E-state index in [1.165, 1.54) is 37.7 Å². The van der Waals surface area contributed by atoms with Gasteiger partial charge in [-0.1, -0.05) is 31.9 Å². The van der Waals surface area contributed by atoms with E-state index in [-0.39, 0.29) is 11.2 Å². The van der Waals surface area contributed by atoms with E-state index in [0.717, 1.165) is 24.2 Å². The first-order chi connectivity index (χ1) is 10.5. The van der Waals surface area contributed by atoms with Gasteiger partial charge in [-0.15, -0.1) is 0 Å². The van der Waals surface area contributed by atoms with Gasteiger partial charge in [0.05, 0.1) is 0 Å². The highest BCUT2D eigenvalue weighted by Crippen LogP contribution is 2.65. The number of fused-ring (bicyclic) bond motifs is 5. The molecule has 0 saturated heterocycles. The average molecular weight is 317 g/mol. The van der Waals surface area contributed by atoms with E-state index in [1.54, 1.807) is 0 Å². The molecule has 3 fully saturated rings. The summed E-state index contributed by atoms with van der Waals surface area (Å²) in [5, 5.41) is 0.714. The molecular formula is C20H28OS. The summed E-state index contributed by atoms with van der Waals surface area (Å²) in [5.41, 5.74) is 2.16. The van der Waals surface area contributed by atoms with Crippen LogP contribution >= 0.6 is 11.8 Å². The monoisotopic (exact) mass is 316 g/mol. The molecular weight excluding hydrogens is 288 g/mol. The van der Waals surface area contributed by atoms with Gasteiger partial charge in [0.2, 0.25) is 0 Å². The normalized spacial score (nSPS) is 50.1.